The Morgan fingerprint density at radius 3 is 2.69 bits per heavy atom. The van der Waals surface area contributed by atoms with Crippen molar-refractivity contribution >= 4 is 11.8 Å². The lowest BCUT2D eigenvalue weighted by molar-refractivity contribution is -0.136. The summed E-state index contributed by atoms with van der Waals surface area (Å²) in [4.78, 5) is 30.0. The Labute approximate surface area is 153 Å². The fourth-order valence-corrected chi connectivity index (χ4v) is 3.30. The summed E-state index contributed by atoms with van der Waals surface area (Å²) < 4.78 is 4.96. The zero-order valence-electron chi connectivity index (χ0n) is 14.9. The Kier molecular flexibility index (Phi) is 5.63. The largest absolute Gasteiger partial charge is 0.375 e. The fourth-order valence-electron chi connectivity index (χ4n) is 3.30. The van der Waals surface area contributed by atoms with Gasteiger partial charge in [-0.15, -0.1) is 0 Å². The SMILES string of the molecule is COCC(=O)N1CCC[C@H](c2cccc(-c3ccc(C(N)=O)cc3)n2)C1. The molecule has 0 unspecified atom stereocenters. The van der Waals surface area contributed by atoms with Crippen molar-refractivity contribution in [3.8, 4) is 11.3 Å². The van der Waals surface area contributed by atoms with Gasteiger partial charge in [0.1, 0.15) is 6.61 Å². The number of piperidine rings is 1. The molecule has 1 aliphatic heterocycles. The van der Waals surface area contributed by atoms with Gasteiger partial charge in [-0.05, 0) is 37.1 Å². The molecule has 1 aromatic carbocycles. The average Bonchev–Trinajstić information content (AvgIpc) is 2.68. The molecule has 0 aliphatic carbocycles. The monoisotopic (exact) mass is 353 g/mol. The van der Waals surface area contributed by atoms with Gasteiger partial charge < -0.3 is 15.4 Å². The van der Waals surface area contributed by atoms with E-state index in [4.69, 9.17) is 15.5 Å². The number of carbonyl (C=O) groups excluding carboxylic acids is 2. The molecule has 0 bridgehead atoms. The molecule has 0 spiro atoms. The number of amides is 2. The van der Waals surface area contributed by atoms with Crippen LogP contribution in [0.1, 0.15) is 34.8 Å². The van der Waals surface area contributed by atoms with Gasteiger partial charge in [0.05, 0.1) is 5.69 Å². The summed E-state index contributed by atoms with van der Waals surface area (Å²) in [6, 6.07) is 13.0. The third kappa shape index (κ3) is 4.08. The number of benzene rings is 1. The van der Waals surface area contributed by atoms with E-state index in [1.807, 2.05) is 35.2 Å². The van der Waals surface area contributed by atoms with Crippen LogP contribution in [0.25, 0.3) is 11.3 Å². The Morgan fingerprint density at radius 1 is 1.23 bits per heavy atom. The fraction of sp³-hybridized carbons (Fsp3) is 0.350. The van der Waals surface area contributed by atoms with E-state index in [1.165, 1.54) is 7.11 Å². The summed E-state index contributed by atoms with van der Waals surface area (Å²) in [7, 11) is 1.54. The van der Waals surface area contributed by atoms with E-state index in [1.54, 1.807) is 12.1 Å². The molecule has 1 aliphatic rings. The van der Waals surface area contributed by atoms with Crippen LogP contribution in [0.5, 0.6) is 0 Å². The van der Waals surface area contributed by atoms with Crippen molar-refractivity contribution in [1.82, 2.24) is 9.88 Å². The highest BCUT2D eigenvalue weighted by molar-refractivity contribution is 5.93. The molecule has 1 saturated heterocycles. The summed E-state index contributed by atoms with van der Waals surface area (Å²) in [6.07, 6.45) is 1.97. The number of primary amides is 1. The highest BCUT2D eigenvalue weighted by Gasteiger charge is 2.25. The number of ether oxygens (including phenoxy) is 1. The predicted molar refractivity (Wildman–Crippen MR) is 98.6 cm³/mol. The molecule has 2 aromatic rings. The lowest BCUT2D eigenvalue weighted by Gasteiger charge is -2.32. The van der Waals surface area contributed by atoms with Crippen molar-refractivity contribution in [2.75, 3.05) is 26.8 Å². The molecule has 0 radical (unpaired) electrons. The van der Waals surface area contributed by atoms with Gasteiger partial charge in [-0.25, -0.2) is 0 Å². The Morgan fingerprint density at radius 2 is 2.00 bits per heavy atom. The van der Waals surface area contributed by atoms with Gasteiger partial charge in [0, 0.05) is 42.9 Å². The molecule has 2 heterocycles. The quantitative estimate of drug-likeness (QED) is 0.893. The molecular weight excluding hydrogens is 330 g/mol. The number of pyridine rings is 1. The first kappa shape index (κ1) is 18.1. The lowest BCUT2D eigenvalue weighted by atomic mass is 9.93. The third-order valence-electron chi connectivity index (χ3n) is 4.70. The minimum absolute atomic E-state index is 0.0235. The van der Waals surface area contributed by atoms with Crippen molar-refractivity contribution in [2.24, 2.45) is 5.73 Å². The maximum absolute atomic E-state index is 12.1. The van der Waals surface area contributed by atoms with Crippen LogP contribution in [0, 0.1) is 0 Å². The summed E-state index contributed by atoms with van der Waals surface area (Å²) in [6.45, 7) is 1.55. The van der Waals surface area contributed by atoms with E-state index >= 15 is 0 Å². The standard InChI is InChI=1S/C20H23N3O3/c1-26-13-19(24)23-11-3-4-16(12-23)18-6-2-5-17(22-18)14-7-9-15(10-8-14)20(21)25/h2,5-10,16H,3-4,11-13H2,1H3,(H2,21,25)/t16-/m0/s1. The Bertz CT molecular complexity index is 789. The Balaban J connectivity index is 1.78. The number of likely N-dealkylation sites (tertiary alicyclic amines) is 1. The zero-order valence-corrected chi connectivity index (χ0v) is 14.9. The number of nitrogens with two attached hydrogens (primary N) is 1. The van der Waals surface area contributed by atoms with Gasteiger partial charge in [0.25, 0.3) is 0 Å². The van der Waals surface area contributed by atoms with Crippen LogP contribution >= 0.6 is 0 Å². The van der Waals surface area contributed by atoms with Crippen molar-refractivity contribution in [3.05, 3.63) is 53.7 Å². The molecule has 26 heavy (non-hydrogen) atoms. The van der Waals surface area contributed by atoms with E-state index in [0.717, 1.165) is 36.3 Å². The van der Waals surface area contributed by atoms with Crippen LogP contribution in [0.4, 0.5) is 0 Å². The number of hydrogen-bond acceptors (Lipinski definition) is 4. The van der Waals surface area contributed by atoms with Crippen LogP contribution in [0.3, 0.4) is 0 Å². The van der Waals surface area contributed by atoms with Crippen molar-refractivity contribution < 1.29 is 14.3 Å². The molecule has 6 nitrogen and oxygen atoms in total. The number of nitrogens with zero attached hydrogens (tertiary/aromatic N) is 2. The number of methoxy groups -OCH3 is 1. The van der Waals surface area contributed by atoms with Crippen molar-refractivity contribution in [2.45, 2.75) is 18.8 Å². The van der Waals surface area contributed by atoms with Crippen LogP contribution in [0.15, 0.2) is 42.5 Å². The van der Waals surface area contributed by atoms with E-state index in [2.05, 4.69) is 0 Å². The first-order chi connectivity index (χ1) is 12.6. The highest BCUT2D eigenvalue weighted by atomic mass is 16.5. The van der Waals surface area contributed by atoms with E-state index in [-0.39, 0.29) is 18.4 Å². The topological polar surface area (TPSA) is 85.5 Å². The summed E-state index contributed by atoms with van der Waals surface area (Å²) in [5, 5.41) is 0. The molecule has 136 valence electrons. The molecule has 2 amide bonds. The zero-order chi connectivity index (χ0) is 18.5. The summed E-state index contributed by atoms with van der Waals surface area (Å²) in [5.41, 5.74) is 8.52. The van der Waals surface area contributed by atoms with Crippen molar-refractivity contribution in [1.29, 1.82) is 0 Å². The molecule has 6 heteroatoms. The van der Waals surface area contributed by atoms with Crippen LogP contribution < -0.4 is 5.73 Å². The average molecular weight is 353 g/mol. The van der Waals surface area contributed by atoms with Gasteiger partial charge in [-0.3, -0.25) is 14.6 Å². The molecule has 1 fully saturated rings. The maximum atomic E-state index is 12.1. The van der Waals surface area contributed by atoms with E-state index < -0.39 is 5.91 Å². The van der Waals surface area contributed by atoms with E-state index in [9.17, 15) is 9.59 Å². The second-order valence-corrected chi connectivity index (χ2v) is 6.50. The van der Waals surface area contributed by atoms with Gasteiger partial charge in [0.15, 0.2) is 0 Å². The maximum Gasteiger partial charge on any atom is 0.248 e. The molecule has 1 aromatic heterocycles. The van der Waals surface area contributed by atoms with Gasteiger partial charge in [-0.1, -0.05) is 18.2 Å². The van der Waals surface area contributed by atoms with Crippen LogP contribution in [-0.2, 0) is 9.53 Å². The number of hydrogen-bond donors (Lipinski definition) is 1. The van der Waals surface area contributed by atoms with Crippen LogP contribution in [0.2, 0.25) is 0 Å². The summed E-state index contributed by atoms with van der Waals surface area (Å²) >= 11 is 0. The predicted octanol–water partition coefficient (Wildman–Crippen LogP) is 2.20. The number of carbonyl (C=O) groups is 2. The minimum Gasteiger partial charge on any atom is -0.375 e. The van der Waals surface area contributed by atoms with Gasteiger partial charge >= 0.3 is 0 Å². The molecule has 1 atom stereocenters. The van der Waals surface area contributed by atoms with E-state index in [0.29, 0.717) is 12.1 Å². The number of rotatable bonds is 5. The molecule has 0 saturated carbocycles. The Hall–Kier alpha value is -2.73. The second-order valence-electron chi connectivity index (χ2n) is 6.50. The summed E-state index contributed by atoms with van der Waals surface area (Å²) in [5.74, 6) is -0.203. The molecule has 3 rings (SSSR count). The number of aromatic nitrogens is 1. The lowest BCUT2D eigenvalue weighted by Crippen LogP contribution is -2.41. The minimum atomic E-state index is -0.443. The molecular formula is C20H23N3O3. The van der Waals surface area contributed by atoms with Gasteiger partial charge in [-0.2, -0.15) is 0 Å². The van der Waals surface area contributed by atoms with Crippen LogP contribution in [-0.4, -0.2) is 48.5 Å². The first-order valence-electron chi connectivity index (χ1n) is 8.72. The second kappa shape index (κ2) is 8.10. The third-order valence-corrected chi connectivity index (χ3v) is 4.70. The normalized spacial score (nSPS) is 17.1. The highest BCUT2D eigenvalue weighted by Crippen LogP contribution is 2.27. The smallest absolute Gasteiger partial charge is 0.248 e. The van der Waals surface area contributed by atoms with Gasteiger partial charge in [0.2, 0.25) is 11.8 Å². The van der Waals surface area contributed by atoms with Crippen molar-refractivity contribution in [3.63, 3.8) is 0 Å². The first-order valence-corrected chi connectivity index (χ1v) is 8.72. The molecule has 2 N–H and O–H groups in total.